The molecule has 0 aliphatic rings. The molecule has 0 bridgehead atoms. The molecule has 15 heavy (non-hydrogen) atoms. The summed E-state index contributed by atoms with van der Waals surface area (Å²) in [6.07, 6.45) is 4.34. The van der Waals surface area contributed by atoms with E-state index in [1.165, 1.54) is 0 Å². The normalized spacial score (nSPS) is 10.8. The van der Waals surface area contributed by atoms with Gasteiger partial charge in [-0.1, -0.05) is 11.3 Å². The fourth-order valence-corrected chi connectivity index (χ4v) is 1.99. The first-order valence-corrected chi connectivity index (χ1v) is 5.51. The van der Waals surface area contributed by atoms with Crippen molar-refractivity contribution in [2.24, 2.45) is 0 Å². The average Bonchev–Trinajstić information content (AvgIpc) is 2.78. The highest BCUT2D eigenvalue weighted by molar-refractivity contribution is 7.11. The van der Waals surface area contributed by atoms with Crippen LogP contribution in [-0.2, 0) is 13.0 Å². The minimum Gasteiger partial charge on any atom is -0.396 e. The number of nitrogens with zero attached hydrogens (tertiary/aromatic N) is 4. The molecule has 0 amide bonds. The first-order chi connectivity index (χ1) is 7.28. The SMILES string of the molecule is Cc1nnc(Cn2cc(CCO)cn2)s1. The number of hydrogen-bond donors (Lipinski definition) is 1. The van der Waals surface area contributed by atoms with Gasteiger partial charge >= 0.3 is 0 Å². The second-order valence-corrected chi connectivity index (χ2v) is 4.50. The third-order valence-electron chi connectivity index (χ3n) is 1.95. The smallest absolute Gasteiger partial charge is 0.139 e. The molecule has 6 heteroatoms. The van der Waals surface area contributed by atoms with Crippen LogP contribution in [0, 0.1) is 6.92 Å². The monoisotopic (exact) mass is 224 g/mol. The fourth-order valence-electron chi connectivity index (χ4n) is 1.29. The van der Waals surface area contributed by atoms with Gasteiger partial charge < -0.3 is 5.11 Å². The van der Waals surface area contributed by atoms with Gasteiger partial charge in [0.15, 0.2) is 0 Å². The van der Waals surface area contributed by atoms with Gasteiger partial charge in [-0.15, -0.1) is 10.2 Å². The van der Waals surface area contributed by atoms with Crippen molar-refractivity contribution in [1.82, 2.24) is 20.0 Å². The quantitative estimate of drug-likeness (QED) is 0.827. The molecule has 2 aromatic heterocycles. The van der Waals surface area contributed by atoms with E-state index >= 15 is 0 Å². The van der Waals surface area contributed by atoms with Gasteiger partial charge in [0.25, 0.3) is 0 Å². The first-order valence-electron chi connectivity index (χ1n) is 4.69. The molecule has 0 fully saturated rings. The van der Waals surface area contributed by atoms with Crippen LogP contribution < -0.4 is 0 Å². The minimum atomic E-state index is 0.156. The van der Waals surface area contributed by atoms with E-state index in [2.05, 4.69) is 15.3 Å². The van der Waals surface area contributed by atoms with Crippen molar-refractivity contribution >= 4 is 11.3 Å². The van der Waals surface area contributed by atoms with Gasteiger partial charge in [-0.3, -0.25) is 4.68 Å². The van der Waals surface area contributed by atoms with Crippen molar-refractivity contribution in [1.29, 1.82) is 0 Å². The van der Waals surface area contributed by atoms with E-state index in [0.29, 0.717) is 13.0 Å². The molecule has 1 N–H and O–H groups in total. The molecule has 0 saturated carbocycles. The Labute approximate surface area is 91.4 Å². The predicted octanol–water partition coefficient (Wildman–Crippen LogP) is 0.626. The zero-order valence-electron chi connectivity index (χ0n) is 8.42. The third kappa shape index (κ3) is 2.60. The molecule has 0 aromatic carbocycles. The van der Waals surface area contributed by atoms with Crippen LogP contribution in [0.3, 0.4) is 0 Å². The first kappa shape index (κ1) is 10.3. The Bertz CT molecular complexity index is 437. The third-order valence-corrected chi connectivity index (χ3v) is 2.78. The Morgan fingerprint density at radius 2 is 2.33 bits per heavy atom. The van der Waals surface area contributed by atoms with Gasteiger partial charge in [-0.25, -0.2) is 0 Å². The van der Waals surface area contributed by atoms with Gasteiger partial charge in [-0.2, -0.15) is 5.10 Å². The maximum Gasteiger partial charge on any atom is 0.139 e. The number of hydrogen-bond acceptors (Lipinski definition) is 5. The van der Waals surface area contributed by atoms with Crippen LogP contribution in [0.15, 0.2) is 12.4 Å². The number of aromatic nitrogens is 4. The number of aliphatic hydroxyl groups is 1. The molecule has 0 spiro atoms. The summed E-state index contributed by atoms with van der Waals surface area (Å²) in [5.41, 5.74) is 1.04. The molecule has 0 atom stereocenters. The van der Waals surface area contributed by atoms with Crippen LogP contribution in [0.5, 0.6) is 0 Å². The van der Waals surface area contributed by atoms with Crippen molar-refractivity contribution < 1.29 is 5.11 Å². The summed E-state index contributed by atoms with van der Waals surface area (Å²) in [4.78, 5) is 0. The fraction of sp³-hybridized carbons (Fsp3) is 0.444. The minimum absolute atomic E-state index is 0.156. The Morgan fingerprint density at radius 1 is 1.47 bits per heavy atom. The van der Waals surface area contributed by atoms with E-state index in [9.17, 15) is 0 Å². The highest BCUT2D eigenvalue weighted by Crippen LogP contribution is 2.09. The molecule has 0 aliphatic heterocycles. The number of rotatable bonds is 4. The number of aryl methyl sites for hydroxylation is 1. The second kappa shape index (κ2) is 4.50. The second-order valence-electron chi connectivity index (χ2n) is 3.23. The zero-order valence-corrected chi connectivity index (χ0v) is 9.24. The van der Waals surface area contributed by atoms with Crippen molar-refractivity contribution in [3.63, 3.8) is 0 Å². The van der Waals surface area contributed by atoms with Crippen LogP contribution in [-0.4, -0.2) is 31.7 Å². The summed E-state index contributed by atoms with van der Waals surface area (Å²) in [5.74, 6) is 0. The van der Waals surface area contributed by atoms with E-state index in [-0.39, 0.29) is 6.61 Å². The van der Waals surface area contributed by atoms with Crippen LogP contribution in [0.4, 0.5) is 0 Å². The predicted molar refractivity (Wildman–Crippen MR) is 56.8 cm³/mol. The molecule has 0 saturated heterocycles. The lowest BCUT2D eigenvalue weighted by molar-refractivity contribution is 0.299. The molecule has 2 rings (SSSR count). The molecule has 2 aromatic rings. The van der Waals surface area contributed by atoms with E-state index in [1.54, 1.807) is 17.5 Å². The molecule has 80 valence electrons. The average molecular weight is 224 g/mol. The summed E-state index contributed by atoms with van der Waals surface area (Å²) in [6, 6.07) is 0. The molecular weight excluding hydrogens is 212 g/mol. The van der Waals surface area contributed by atoms with Crippen LogP contribution in [0.2, 0.25) is 0 Å². The largest absolute Gasteiger partial charge is 0.396 e. The van der Waals surface area contributed by atoms with Crippen molar-refractivity contribution in [3.05, 3.63) is 28.0 Å². The highest BCUT2D eigenvalue weighted by Gasteiger charge is 2.03. The lowest BCUT2D eigenvalue weighted by Crippen LogP contribution is -1.99. The summed E-state index contributed by atoms with van der Waals surface area (Å²) in [5, 5.41) is 22.8. The van der Waals surface area contributed by atoms with E-state index in [4.69, 9.17) is 5.11 Å². The van der Waals surface area contributed by atoms with Crippen LogP contribution in [0.25, 0.3) is 0 Å². The standard InChI is InChI=1S/C9H12N4OS/c1-7-11-12-9(15-7)6-13-5-8(2-3-14)4-10-13/h4-5,14H,2-3,6H2,1H3. The lowest BCUT2D eigenvalue weighted by Gasteiger charge is -1.94. The Balaban J connectivity index is 2.04. The van der Waals surface area contributed by atoms with Crippen molar-refractivity contribution in [2.75, 3.05) is 6.61 Å². The summed E-state index contributed by atoms with van der Waals surface area (Å²) >= 11 is 1.57. The molecule has 0 aliphatic carbocycles. The highest BCUT2D eigenvalue weighted by atomic mass is 32.1. The summed E-state index contributed by atoms with van der Waals surface area (Å²) in [7, 11) is 0. The van der Waals surface area contributed by atoms with Gasteiger partial charge in [0.1, 0.15) is 10.0 Å². The molecule has 2 heterocycles. The van der Waals surface area contributed by atoms with Gasteiger partial charge in [0.05, 0.1) is 12.7 Å². The summed E-state index contributed by atoms with van der Waals surface area (Å²) < 4.78 is 1.81. The molecule has 0 unspecified atom stereocenters. The number of aliphatic hydroxyl groups excluding tert-OH is 1. The maximum atomic E-state index is 8.76. The Kier molecular flexibility index (Phi) is 3.08. The van der Waals surface area contributed by atoms with E-state index < -0.39 is 0 Å². The van der Waals surface area contributed by atoms with Crippen molar-refractivity contribution in [2.45, 2.75) is 19.9 Å². The Hall–Kier alpha value is -1.27. The maximum absolute atomic E-state index is 8.76. The van der Waals surface area contributed by atoms with E-state index in [0.717, 1.165) is 15.6 Å². The van der Waals surface area contributed by atoms with Crippen molar-refractivity contribution in [3.8, 4) is 0 Å². The van der Waals surface area contributed by atoms with Crippen LogP contribution >= 0.6 is 11.3 Å². The van der Waals surface area contributed by atoms with Crippen LogP contribution in [0.1, 0.15) is 15.6 Å². The van der Waals surface area contributed by atoms with E-state index in [1.807, 2.05) is 17.8 Å². The zero-order chi connectivity index (χ0) is 10.7. The van der Waals surface area contributed by atoms with Gasteiger partial charge in [0, 0.05) is 12.8 Å². The summed E-state index contributed by atoms with van der Waals surface area (Å²) in [6.45, 7) is 2.74. The molecule has 5 nitrogen and oxygen atoms in total. The lowest BCUT2D eigenvalue weighted by atomic mass is 10.3. The molecular formula is C9H12N4OS. The topological polar surface area (TPSA) is 63.8 Å². The van der Waals surface area contributed by atoms with Gasteiger partial charge in [0.2, 0.25) is 0 Å². The molecule has 0 radical (unpaired) electrons. The van der Waals surface area contributed by atoms with Gasteiger partial charge in [-0.05, 0) is 18.9 Å². The Morgan fingerprint density at radius 3 is 3.00 bits per heavy atom.